The van der Waals surface area contributed by atoms with Crippen molar-refractivity contribution in [3.05, 3.63) is 34.2 Å². The van der Waals surface area contributed by atoms with Gasteiger partial charge < -0.3 is 15.2 Å². The Morgan fingerprint density at radius 3 is 2.70 bits per heavy atom. The molecule has 178 valence electrons. The summed E-state index contributed by atoms with van der Waals surface area (Å²) in [4.78, 5) is 42.6. The zero-order valence-electron chi connectivity index (χ0n) is 19.4. The highest BCUT2D eigenvalue weighted by atomic mass is 16.2. The van der Waals surface area contributed by atoms with E-state index in [-0.39, 0.29) is 35.6 Å². The van der Waals surface area contributed by atoms with Crippen LogP contribution in [0.25, 0.3) is 11.0 Å². The van der Waals surface area contributed by atoms with Crippen molar-refractivity contribution in [1.29, 1.82) is 0 Å². The summed E-state index contributed by atoms with van der Waals surface area (Å²) < 4.78 is 1.88. The molecule has 3 heterocycles. The molecule has 2 amide bonds. The number of imidazole rings is 1. The Morgan fingerprint density at radius 2 is 1.88 bits per heavy atom. The monoisotopic (exact) mass is 453 g/mol. The van der Waals surface area contributed by atoms with E-state index in [1.54, 1.807) is 0 Å². The molecule has 3 unspecified atom stereocenters. The van der Waals surface area contributed by atoms with Crippen molar-refractivity contribution < 1.29 is 9.59 Å². The number of fused-ring (bicyclic) bond motifs is 2. The topological polar surface area (TPSA) is 99.2 Å². The molecule has 1 aromatic carbocycles. The first-order valence-corrected chi connectivity index (χ1v) is 12.5. The van der Waals surface area contributed by atoms with Crippen LogP contribution in [0, 0.1) is 12.8 Å². The number of rotatable bonds is 5. The molecule has 0 spiro atoms. The number of aromatic amines is 1. The summed E-state index contributed by atoms with van der Waals surface area (Å²) >= 11 is 0. The number of aryl methyl sites for hydroxylation is 1. The SMILES string of the molecule is Cc1ccc2[nH]c(=O)n(C3CCN(C(=O)CCCC4NC(=O)C5CCCCC5N4)CC3)c2c1. The van der Waals surface area contributed by atoms with Gasteiger partial charge in [-0.2, -0.15) is 0 Å². The number of benzene rings is 1. The number of likely N-dealkylation sites (tertiary alicyclic amines) is 1. The van der Waals surface area contributed by atoms with E-state index in [9.17, 15) is 14.4 Å². The van der Waals surface area contributed by atoms with Gasteiger partial charge in [-0.05, 0) is 63.1 Å². The number of carbonyl (C=O) groups is 2. The first-order valence-electron chi connectivity index (χ1n) is 12.5. The van der Waals surface area contributed by atoms with Gasteiger partial charge in [-0.25, -0.2) is 4.79 Å². The molecule has 1 aliphatic carbocycles. The molecule has 2 saturated heterocycles. The Labute approximate surface area is 194 Å². The van der Waals surface area contributed by atoms with Gasteiger partial charge in [0.15, 0.2) is 0 Å². The summed E-state index contributed by atoms with van der Waals surface area (Å²) in [5.74, 6) is 0.472. The summed E-state index contributed by atoms with van der Waals surface area (Å²) in [7, 11) is 0. The van der Waals surface area contributed by atoms with Crippen molar-refractivity contribution in [2.45, 2.75) is 83.0 Å². The molecule has 0 bridgehead atoms. The molecule has 3 atom stereocenters. The van der Waals surface area contributed by atoms with Crippen LogP contribution in [0.2, 0.25) is 0 Å². The molecule has 3 N–H and O–H groups in total. The van der Waals surface area contributed by atoms with Gasteiger partial charge in [0.25, 0.3) is 0 Å². The van der Waals surface area contributed by atoms with Crippen molar-refractivity contribution in [2.75, 3.05) is 13.1 Å². The van der Waals surface area contributed by atoms with E-state index < -0.39 is 0 Å². The Bertz CT molecular complexity index is 1080. The van der Waals surface area contributed by atoms with Crippen LogP contribution in [0.1, 0.15) is 69.4 Å². The third kappa shape index (κ3) is 4.58. The Balaban J connectivity index is 1.11. The van der Waals surface area contributed by atoms with Gasteiger partial charge in [-0.3, -0.25) is 19.5 Å². The molecule has 33 heavy (non-hydrogen) atoms. The fourth-order valence-electron chi connectivity index (χ4n) is 5.96. The smallest absolute Gasteiger partial charge is 0.326 e. The van der Waals surface area contributed by atoms with E-state index in [1.807, 2.05) is 28.5 Å². The summed E-state index contributed by atoms with van der Waals surface area (Å²) in [6, 6.07) is 6.43. The Hall–Kier alpha value is -2.61. The zero-order chi connectivity index (χ0) is 22.9. The molecule has 2 aliphatic heterocycles. The number of hydrogen-bond acceptors (Lipinski definition) is 4. The van der Waals surface area contributed by atoms with E-state index in [1.165, 1.54) is 6.42 Å². The molecule has 1 saturated carbocycles. The molecule has 3 fully saturated rings. The number of H-pyrrole nitrogens is 1. The molecule has 0 radical (unpaired) electrons. The van der Waals surface area contributed by atoms with E-state index in [4.69, 9.17) is 0 Å². The second-order valence-corrected chi connectivity index (χ2v) is 10.1. The number of piperidine rings is 1. The van der Waals surface area contributed by atoms with Crippen molar-refractivity contribution in [3.63, 3.8) is 0 Å². The van der Waals surface area contributed by atoms with Crippen LogP contribution in [0.4, 0.5) is 0 Å². The summed E-state index contributed by atoms with van der Waals surface area (Å²) in [5, 5.41) is 6.70. The second-order valence-electron chi connectivity index (χ2n) is 10.1. The van der Waals surface area contributed by atoms with E-state index in [0.717, 1.165) is 61.5 Å². The van der Waals surface area contributed by atoms with Crippen molar-refractivity contribution in [2.24, 2.45) is 5.92 Å². The van der Waals surface area contributed by atoms with Gasteiger partial charge in [-0.1, -0.05) is 18.9 Å². The van der Waals surface area contributed by atoms with Gasteiger partial charge in [0.1, 0.15) is 0 Å². The molecular weight excluding hydrogens is 418 g/mol. The average Bonchev–Trinajstić information content (AvgIpc) is 3.14. The Morgan fingerprint density at radius 1 is 1.09 bits per heavy atom. The molecular formula is C25H35N5O3. The lowest BCUT2D eigenvalue weighted by molar-refractivity contribution is -0.132. The zero-order valence-corrected chi connectivity index (χ0v) is 19.4. The van der Waals surface area contributed by atoms with Crippen molar-refractivity contribution in [3.8, 4) is 0 Å². The highest BCUT2D eigenvalue weighted by Crippen LogP contribution is 2.28. The van der Waals surface area contributed by atoms with Crippen LogP contribution in [0.5, 0.6) is 0 Å². The second kappa shape index (κ2) is 9.33. The molecule has 8 heteroatoms. The number of hydrogen-bond donors (Lipinski definition) is 3. The van der Waals surface area contributed by atoms with E-state index in [2.05, 4.69) is 21.7 Å². The quantitative estimate of drug-likeness (QED) is 0.648. The number of nitrogens with one attached hydrogen (secondary N) is 3. The number of nitrogens with zero attached hydrogens (tertiary/aromatic N) is 2. The standard InChI is InChI=1S/C25H35N5O3/c1-16-9-10-20-21(15-16)30(25(33)27-20)17-11-13-29(14-12-17)23(31)8-4-7-22-26-19-6-3-2-5-18(19)24(32)28-22/h9-10,15,17-19,22,26H,2-8,11-14H2,1H3,(H,27,33)(H,28,32). The highest BCUT2D eigenvalue weighted by molar-refractivity contribution is 5.80. The van der Waals surface area contributed by atoms with E-state index >= 15 is 0 Å². The summed E-state index contributed by atoms with van der Waals surface area (Å²) in [5.41, 5.74) is 2.88. The number of carbonyl (C=O) groups excluding carboxylic acids is 2. The predicted octanol–water partition coefficient (Wildman–Crippen LogP) is 2.58. The summed E-state index contributed by atoms with van der Waals surface area (Å²) in [6.07, 6.45) is 7.97. The van der Waals surface area contributed by atoms with E-state index in [0.29, 0.717) is 25.6 Å². The van der Waals surface area contributed by atoms with Gasteiger partial charge in [0, 0.05) is 31.6 Å². The molecule has 8 nitrogen and oxygen atoms in total. The maximum Gasteiger partial charge on any atom is 0.326 e. The maximum absolute atomic E-state index is 12.8. The number of amides is 2. The third-order valence-electron chi connectivity index (χ3n) is 7.77. The predicted molar refractivity (Wildman–Crippen MR) is 127 cm³/mol. The lowest BCUT2D eigenvalue weighted by atomic mass is 9.82. The van der Waals surface area contributed by atoms with Gasteiger partial charge in [0.05, 0.1) is 23.1 Å². The fraction of sp³-hybridized carbons (Fsp3) is 0.640. The highest BCUT2D eigenvalue weighted by Gasteiger charge is 2.37. The van der Waals surface area contributed by atoms with Crippen LogP contribution in [0.15, 0.2) is 23.0 Å². The van der Waals surface area contributed by atoms with Crippen molar-refractivity contribution in [1.82, 2.24) is 25.1 Å². The maximum atomic E-state index is 12.8. The van der Waals surface area contributed by atoms with Crippen LogP contribution in [-0.4, -0.2) is 51.6 Å². The number of aromatic nitrogens is 2. The molecule has 5 rings (SSSR count). The molecule has 3 aliphatic rings. The first kappa shape index (κ1) is 22.2. The Kier molecular flexibility index (Phi) is 6.27. The molecule has 1 aromatic heterocycles. The lowest BCUT2D eigenvalue weighted by Crippen LogP contribution is -2.62. The minimum Gasteiger partial charge on any atom is -0.343 e. The fourth-order valence-corrected chi connectivity index (χ4v) is 5.96. The van der Waals surface area contributed by atoms with Crippen LogP contribution in [0.3, 0.4) is 0 Å². The normalized spacial score (nSPS) is 26.3. The minimum atomic E-state index is -0.0670. The third-order valence-corrected chi connectivity index (χ3v) is 7.77. The van der Waals surface area contributed by atoms with Gasteiger partial charge in [-0.15, -0.1) is 0 Å². The first-order chi connectivity index (χ1) is 16.0. The van der Waals surface area contributed by atoms with Crippen molar-refractivity contribution >= 4 is 22.8 Å². The lowest BCUT2D eigenvalue weighted by Gasteiger charge is -2.40. The molecule has 2 aromatic rings. The minimum absolute atomic E-state index is 0.0207. The van der Waals surface area contributed by atoms with Crippen LogP contribution in [-0.2, 0) is 9.59 Å². The van der Waals surface area contributed by atoms with Crippen LogP contribution < -0.4 is 16.3 Å². The van der Waals surface area contributed by atoms with Gasteiger partial charge in [0.2, 0.25) is 11.8 Å². The largest absolute Gasteiger partial charge is 0.343 e. The van der Waals surface area contributed by atoms with Crippen LogP contribution >= 0.6 is 0 Å². The average molecular weight is 454 g/mol. The summed E-state index contributed by atoms with van der Waals surface area (Å²) in [6.45, 7) is 3.39. The van der Waals surface area contributed by atoms with Gasteiger partial charge >= 0.3 is 5.69 Å².